The number of hydrogen-bond acceptors (Lipinski definition) is 3. The van der Waals surface area contributed by atoms with E-state index >= 15 is 0 Å². The van der Waals surface area contributed by atoms with E-state index in [0.29, 0.717) is 0 Å². The maximum Gasteiger partial charge on any atom is 0.133 e. The molecule has 0 saturated heterocycles. The lowest BCUT2D eigenvalue weighted by molar-refractivity contribution is 0.309. The molecule has 0 aromatic heterocycles. The average molecular weight is 114 g/mol. The van der Waals surface area contributed by atoms with Gasteiger partial charge < -0.3 is 10.5 Å². The summed E-state index contributed by atoms with van der Waals surface area (Å²) in [6.07, 6.45) is 2.80. The molecule has 0 amide bonds. The standard InChI is InChI=1S/C5H10N2O/c1-5(2-6)3-7-4-8/h2-3,5-6,8H,4H2,1H3. The first kappa shape index (κ1) is 7.30. The van der Waals surface area contributed by atoms with Gasteiger partial charge in [0.2, 0.25) is 0 Å². The highest BCUT2D eigenvalue weighted by Gasteiger charge is 1.85. The maximum atomic E-state index is 8.14. The Morgan fingerprint density at radius 1 is 1.88 bits per heavy atom. The minimum Gasteiger partial charge on any atom is -0.375 e. The second-order valence-corrected chi connectivity index (χ2v) is 1.50. The van der Waals surface area contributed by atoms with E-state index in [9.17, 15) is 0 Å². The zero-order valence-corrected chi connectivity index (χ0v) is 4.83. The van der Waals surface area contributed by atoms with Gasteiger partial charge in [0.25, 0.3) is 0 Å². The first-order chi connectivity index (χ1) is 3.81. The summed E-state index contributed by atoms with van der Waals surface area (Å²) >= 11 is 0. The molecule has 0 rings (SSSR count). The monoisotopic (exact) mass is 114 g/mol. The van der Waals surface area contributed by atoms with Gasteiger partial charge in [-0.05, 0) is 0 Å². The van der Waals surface area contributed by atoms with Crippen molar-refractivity contribution < 1.29 is 5.11 Å². The van der Waals surface area contributed by atoms with Crippen LogP contribution < -0.4 is 0 Å². The molecule has 0 bridgehead atoms. The number of hydrogen-bond donors (Lipinski definition) is 2. The van der Waals surface area contributed by atoms with Crippen molar-refractivity contribution in [2.24, 2.45) is 10.9 Å². The average Bonchev–Trinajstić information content (AvgIpc) is 1.83. The number of nitrogens with zero attached hydrogens (tertiary/aromatic N) is 1. The van der Waals surface area contributed by atoms with Crippen molar-refractivity contribution >= 4 is 12.4 Å². The molecule has 0 heterocycles. The Hall–Kier alpha value is -0.700. The van der Waals surface area contributed by atoms with E-state index in [1.807, 2.05) is 6.92 Å². The smallest absolute Gasteiger partial charge is 0.133 e. The fourth-order valence-corrected chi connectivity index (χ4v) is 0.256. The van der Waals surface area contributed by atoms with Gasteiger partial charge >= 0.3 is 0 Å². The second kappa shape index (κ2) is 4.46. The fourth-order valence-electron chi connectivity index (χ4n) is 0.256. The first-order valence-electron chi connectivity index (χ1n) is 2.42. The summed E-state index contributed by atoms with van der Waals surface area (Å²) in [5.41, 5.74) is 0. The Morgan fingerprint density at radius 3 is 2.88 bits per heavy atom. The molecule has 3 nitrogen and oxygen atoms in total. The predicted molar refractivity (Wildman–Crippen MR) is 33.5 cm³/mol. The summed E-state index contributed by atoms with van der Waals surface area (Å²) in [6.45, 7) is 1.64. The van der Waals surface area contributed by atoms with Crippen molar-refractivity contribution in [3.63, 3.8) is 0 Å². The van der Waals surface area contributed by atoms with Crippen LogP contribution in [0.15, 0.2) is 4.99 Å². The van der Waals surface area contributed by atoms with Crippen LogP contribution in [0, 0.1) is 11.3 Å². The number of nitrogens with one attached hydrogen (secondary N) is 1. The number of aliphatic hydroxyl groups excluding tert-OH is 1. The number of aliphatic hydroxyl groups is 1. The second-order valence-electron chi connectivity index (χ2n) is 1.50. The third-order valence-electron chi connectivity index (χ3n) is 0.685. The Labute approximate surface area is 48.6 Å². The van der Waals surface area contributed by atoms with Crippen LogP contribution in [-0.4, -0.2) is 24.3 Å². The summed E-state index contributed by atoms with van der Waals surface area (Å²) in [5.74, 6) is 0.0437. The van der Waals surface area contributed by atoms with Crippen LogP contribution in [0.5, 0.6) is 0 Å². The van der Waals surface area contributed by atoms with Gasteiger partial charge in [-0.25, -0.2) is 0 Å². The molecule has 3 heteroatoms. The summed E-state index contributed by atoms with van der Waals surface area (Å²) in [6, 6.07) is 0. The van der Waals surface area contributed by atoms with Gasteiger partial charge in [0.15, 0.2) is 0 Å². The van der Waals surface area contributed by atoms with Crippen molar-refractivity contribution in [3.8, 4) is 0 Å². The van der Waals surface area contributed by atoms with Gasteiger partial charge in [-0.15, -0.1) is 0 Å². The van der Waals surface area contributed by atoms with Crippen molar-refractivity contribution in [2.75, 3.05) is 6.73 Å². The molecule has 0 aliphatic rings. The highest BCUT2D eigenvalue weighted by Crippen LogP contribution is 1.81. The van der Waals surface area contributed by atoms with Crippen molar-refractivity contribution in [1.29, 1.82) is 5.41 Å². The third kappa shape index (κ3) is 3.49. The molecule has 8 heavy (non-hydrogen) atoms. The topological polar surface area (TPSA) is 56.4 Å². The largest absolute Gasteiger partial charge is 0.375 e. The SMILES string of the molecule is CC(C=N)C=NCO. The molecule has 1 atom stereocenters. The minimum atomic E-state index is -0.182. The molecule has 46 valence electrons. The molecular formula is C5H10N2O. The van der Waals surface area contributed by atoms with Crippen LogP contribution in [0.1, 0.15) is 6.92 Å². The number of rotatable bonds is 3. The van der Waals surface area contributed by atoms with Gasteiger partial charge in [-0.3, -0.25) is 4.99 Å². The summed E-state index contributed by atoms with van der Waals surface area (Å²) < 4.78 is 0. The van der Waals surface area contributed by atoms with Crippen molar-refractivity contribution in [3.05, 3.63) is 0 Å². The van der Waals surface area contributed by atoms with E-state index in [1.54, 1.807) is 0 Å². The summed E-state index contributed by atoms with van der Waals surface area (Å²) in [4.78, 5) is 3.52. The minimum absolute atomic E-state index is 0.0437. The van der Waals surface area contributed by atoms with E-state index in [1.165, 1.54) is 12.4 Å². The third-order valence-corrected chi connectivity index (χ3v) is 0.685. The Bertz CT molecular complexity index is 90.4. The molecule has 0 aliphatic heterocycles. The molecule has 0 fully saturated rings. The molecule has 0 aromatic rings. The Kier molecular flexibility index (Phi) is 4.07. The van der Waals surface area contributed by atoms with E-state index in [2.05, 4.69) is 4.99 Å². The lowest BCUT2D eigenvalue weighted by Gasteiger charge is -1.89. The predicted octanol–water partition coefficient (Wildman–Crippen LogP) is 0.293. The van der Waals surface area contributed by atoms with Crippen molar-refractivity contribution in [2.45, 2.75) is 6.92 Å². The van der Waals surface area contributed by atoms with Gasteiger partial charge in [0, 0.05) is 18.3 Å². The molecular weight excluding hydrogens is 104 g/mol. The van der Waals surface area contributed by atoms with Crippen molar-refractivity contribution in [1.82, 2.24) is 0 Å². The molecule has 0 spiro atoms. The highest BCUT2D eigenvalue weighted by molar-refractivity contribution is 5.81. The fraction of sp³-hybridized carbons (Fsp3) is 0.600. The molecule has 0 saturated carbocycles. The zero-order valence-electron chi connectivity index (χ0n) is 4.83. The Morgan fingerprint density at radius 2 is 2.50 bits per heavy atom. The van der Waals surface area contributed by atoms with Crippen LogP contribution in [0.25, 0.3) is 0 Å². The maximum absolute atomic E-state index is 8.14. The quantitative estimate of drug-likeness (QED) is 0.509. The van der Waals surface area contributed by atoms with Crippen LogP contribution in [0.2, 0.25) is 0 Å². The van der Waals surface area contributed by atoms with E-state index in [-0.39, 0.29) is 12.6 Å². The van der Waals surface area contributed by atoms with E-state index in [4.69, 9.17) is 10.5 Å². The summed E-state index contributed by atoms with van der Waals surface area (Å²) in [7, 11) is 0. The molecule has 1 unspecified atom stereocenters. The van der Waals surface area contributed by atoms with Gasteiger partial charge in [0.05, 0.1) is 0 Å². The van der Waals surface area contributed by atoms with Crippen LogP contribution in [0.3, 0.4) is 0 Å². The first-order valence-corrected chi connectivity index (χ1v) is 2.42. The van der Waals surface area contributed by atoms with Crippen LogP contribution >= 0.6 is 0 Å². The van der Waals surface area contributed by atoms with E-state index < -0.39 is 0 Å². The Balaban J connectivity index is 3.35. The highest BCUT2D eigenvalue weighted by atomic mass is 16.3. The lowest BCUT2D eigenvalue weighted by atomic mass is 10.2. The van der Waals surface area contributed by atoms with Crippen LogP contribution in [0.4, 0.5) is 0 Å². The lowest BCUT2D eigenvalue weighted by Crippen LogP contribution is -1.95. The normalized spacial score (nSPS) is 14.2. The molecule has 0 aliphatic carbocycles. The molecule has 0 aromatic carbocycles. The van der Waals surface area contributed by atoms with E-state index in [0.717, 1.165) is 0 Å². The van der Waals surface area contributed by atoms with Gasteiger partial charge in [-0.1, -0.05) is 6.92 Å². The van der Waals surface area contributed by atoms with Gasteiger partial charge in [-0.2, -0.15) is 0 Å². The number of aliphatic imine (C=N–C) groups is 1. The summed E-state index contributed by atoms with van der Waals surface area (Å²) in [5, 5.41) is 14.8. The van der Waals surface area contributed by atoms with Crippen LogP contribution in [-0.2, 0) is 0 Å². The molecule has 0 radical (unpaired) electrons. The zero-order chi connectivity index (χ0) is 6.41. The van der Waals surface area contributed by atoms with Gasteiger partial charge in [0.1, 0.15) is 6.73 Å². The molecule has 2 N–H and O–H groups in total.